The number of ether oxygens (including phenoxy) is 8. The van der Waals surface area contributed by atoms with E-state index < -0.39 is 220 Å². The van der Waals surface area contributed by atoms with Crippen molar-refractivity contribution in [3.63, 3.8) is 0 Å². The lowest BCUT2D eigenvalue weighted by molar-refractivity contribution is -0.314. The molecule has 0 bridgehead atoms. The molecule has 38 heteroatoms. The van der Waals surface area contributed by atoms with Crippen molar-refractivity contribution in [2.24, 2.45) is 65.8 Å². The zero-order valence-electron chi connectivity index (χ0n) is 43.5. The van der Waals surface area contributed by atoms with Gasteiger partial charge in [0.25, 0.3) is 0 Å². The highest BCUT2D eigenvalue weighted by molar-refractivity contribution is 5.77. The first kappa shape index (κ1) is 66.3. The fourth-order valence-corrected chi connectivity index (χ4v) is 10.2. The maximum atomic E-state index is 12.1. The van der Waals surface area contributed by atoms with Gasteiger partial charge in [0, 0.05) is 0 Å². The van der Waals surface area contributed by atoms with E-state index in [9.17, 15) is 81.1 Å². The van der Waals surface area contributed by atoms with Crippen LogP contribution in [0.15, 0.2) is 20.0 Å². The maximum Gasteiger partial charge on any atom is 0.188 e. The second-order valence-electron chi connectivity index (χ2n) is 19.8. The van der Waals surface area contributed by atoms with E-state index in [-0.39, 0.29) is 12.6 Å². The van der Waals surface area contributed by atoms with Gasteiger partial charge in [-0.1, -0.05) is 0 Å². The number of aldehydes is 2. The number of nitrogens with zero attached hydrogens (tertiary/aromatic N) is 4. The summed E-state index contributed by atoms with van der Waals surface area (Å²) in [5, 5.41) is 153. The van der Waals surface area contributed by atoms with Crippen molar-refractivity contribution < 1.29 is 119 Å². The summed E-state index contributed by atoms with van der Waals surface area (Å²) < 4.78 is 45.9. The van der Waals surface area contributed by atoms with E-state index in [0.29, 0.717) is 0 Å². The molecule has 0 radical (unpaired) electrons. The molecule has 6 aliphatic rings. The smallest absolute Gasteiger partial charge is 0.188 e. The van der Waals surface area contributed by atoms with Gasteiger partial charge in [-0.3, -0.25) is 9.59 Å². The molecule has 0 aromatic rings. The van der Waals surface area contributed by atoms with Crippen LogP contribution >= 0.6 is 0 Å². The van der Waals surface area contributed by atoms with Gasteiger partial charge in [0.05, 0.1) is 37.5 Å². The number of carbonyl (C=O) groups is 2. The Kier molecular flexibility index (Phi) is 22.6. The minimum atomic E-state index is -2.38. The first-order valence-electron chi connectivity index (χ1n) is 24.8. The average molecular weight is 1160 g/mol. The average Bonchev–Trinajstić information content (AvgIpc) is 3.83. The molecule has 0 amide bonds. The lowest BCUT2D eigenvalue weighted by atomic mass is 9.81. The van der Waals surface area contributed by atoms with Gasteiger partial charge < -0.3 is 166 Å². The number of hydrogen-bond donors (Lipinski definition) is 24. The summed E-state index contributed by atoms with van der Waals surface area (Å²) in [7, 11) is 2.84. The number of hydrogen-bond acceptors (Lipinski definition) is 30. The molecule has 4 saturated heterocycles. The predicted octanol–water partition coefficient (Wildman–Crippen LogP) is -16.3. The number of nitrogens with two attached hydrogens (primary N) is 8. The van der Waals surface area contributed by atoms with Crippen molar-refractivity contribution in [2.75, 3.05) is 27.3 Å². The second-order valence-corrected chi connectivity index (χ2v) is 19.8. The van der Waals surface area contributed by atoms with Crippen molar-refractivity contribution in [3.8, 4) is 0 Å². The monoisotopic (exact) mass is 1160 g/mol. The molecule has 2 aliphatic carbocycles. The summed E-state index contributed by atoms with van der Waals surface area (Å²) >= 11 is 0. The molecule has 460 valence electrons. The van der Waals surface area contributed by atoms with Crippen molar-refractivity contribution >= 4 is 36.4 Å². The van der Waals surface area contributed by atoms with Crippen LogP contribution in [0.5, 0.6) is 0 Å². The summed E-state index contributed by atoms with van der Waals surface area (Å²) in [6, 6.07) is -8.16. The standard InChI is InChI=1S/2C21H39N7O12/c2*1-5-21(36,4-30)16(40-17-9(26-2)13(34)10(31)6(3-29)38-17)18(37-5)39-15-8(28-20(24)25)11(32)7(27-19(22)23)12(33)14(15)35/h2*4-18,26,29,31-36H,3H2,1-2H3,(H4,22,23,27)(H4,24,25,28)/t2*5-,6-,7-,8+,9-,10-,11-,12+,13-,14-,15-,16-,17-,18-,21+/m00/s1. The van der Waals surface area contributed by atoms with Crippen LogP contribution in [0.1, 0.15) is 13.8 Å². The van der Waals surface area contributed by atoms with Crippen molar-refractivity contribution in [3.05, 3.63) is 0 Å². The summed E-state index contributed by atoms with van der Waals surface area (Å²) in [5.41, 5.74) is 38.8. The van der Waals surface area contributed by atoms with Crippen LogP contribution in [0, 0.1) is 0 Å². The Hall–Kier alpha value is -4.54. The molecule has 0 unspecified atom stereocenters. The molecule has 32 N–H and O–H groups in total. The Labute approximate surface area is 454 Å². The van der Waals surface area contributed by atoms with E-state index in [4.69, 9.17) is 83.8 Å². The molecule has 30 atom stereocenters. The van der Waals surface area contributed by atoms with Gasteiger partial charge in [-0.15, -0.1) is 0 Å². The molecule has 0 aromatic heterocycles. The summed E-state index contributed by atoms with van der Waals surface area (Å²) in [6.07, 6.45) is -34.6. The molecule has 6 fully saturated rings. The van der Waals surface area contributed by atoms with Crippen LogP contribution in [0.25, 0.3) is 0 Å². The van der Waals surface area contributed by atoms with Crippen LogP contribution in [-0.2, 0) is 47.5 Å². The summed E-state index contributed by atoms with van der Waals surface area (Å²) in [6.45, 7) is 1.24. The van der Waals surface area contributed by atoms with Crippen molar-refractivity contribution in [1.29, 1.82) is 0 Å². The van der Waals surface area contributed by atoms with E-state index in [2.05, 4.69) is 30.6 Å². The topological polar surface area (TPSA) is 673 Å². The van der Waals surface area contributed by atoms with Crippen LogP contribution in [0.3, 0.4) is 0 Å². The number of likely N-dealkylation sites (N-methyl/N-ethyl adjacent to an activating group) is 2. The number of aliphatic imine (C=N–C) groups is 4. The molecule has 6 rings (SSSR count). The molecule has 80 heavy (non-hydrogen) atoms. The normalized spacial score (nSPS) is 47.4. The fraction of sp³-hybridized carbons (Fsp3) is 0.857. The lowest BCUT2D eigenvalue weighted by Crippen LogP contribution is -2.66. The van der Waals surface area contributed by atoms with Gasteiger partial charge in [-0.2, -0.15) is 0 Å². The number of nitrogens with one attached hydrogen (secondary N) is 2. The van der Waals surface area contributed by atoms with E-state index in [1.54, 1.807) is 0 Å². The second kappa shape index (κ2) is 27.2. The van der Waals surface area contributed by atoms with Gasteiger partial charge in [-0.05, 0) is 27.9 Å². The number of aliphatic hydroxyl groups is 14. The van der Waals surface area contributed by atoms with Gasteiger partial charge in [-0.25, -0.2) is 20.0 Å². The number of carbonyl (C=O) groups excluding carboxylic acids is 2. The minimum absolute atomic E-state index is 0.140. The third kappa shape index (κ3) is 13.4. The molecular formula is C42H78N14O24. The Morgan fingerprint density at radius 3 is 1.01 bits per heavy atom. The minimum Gasteiger partial charge on any atom is -0.394 e. The zero-order valence-corrected chi connectivity index (χ0v) is 43.5. The third-order valence-corrected chi connectivity index (χ3v) is 14.7. The van der Waals surface area contributed by atoms with Gasteiger partial charge in [0.15, 0.2) is 72.8 Å². The van der Waals surface area contributed by atoms with Crippen molar-refractivity contribution in [2.45, 2.75) is 196 Å². The first-order valence-corrected chi connectivity index (χ1v) is 24.8. The highest BCUT2D eigenvalue weighted by atomic mass is 16.8. The Morgan fingerprint density at radius 1 is 0.450 bits per heavy atom. The molecule has 38 nitrogen and oxygen atoms in total. The van der Waals surface area contributed by atoms with Gasteiger partial charge in [0.2, 0.25) is 0 Å². The Balaban J connectivity index is 0.000000294. The SMILES string of the molecule is CN[C@@H]1[C@H](O[C@H]2[C@H](O[C@@H]3[C@@H](O)[C@H](O)[C@@H](N=C(N)N)[C@H](O)[C@H]3N=C(N)N)O[C@@H](C)[C@]2(O)C=O)O[C@@H](CO)[C@H](O)[C@H]1O.CN[C@@H]1[C@H](O[C@H]2[C@H](O[C@@H]3[C@@H](O)[C@H](O)[C@@H](N=C(N)N)[C@H](O)[C@H]3N=C(N)N)O[C@@H](C)[C@]2(O)C=O)O[C@@H](CO)[C@H](O)[C@H]1O. The van der Waals surface area contributed by atoms with Crippen LogP contribution < -0.4 is 56.5 Å². The van der Waals surface area contributed by atoms with Crippen molar-refractivity contribution in [1.82, 2.24) is 10.6 Å². The summed E-state index contributed by atoms with van der Waals surface area (Å²) in [4.78, 5) is 39.4. The Bertz CT molecular complexity index is 2030. The van der Waals surface area contributed by atoms with Gasteiger partial charge in [0.1, 0.15) is 122 Å². The largest absolute Gasteiger partial charge is 0.394 e. The maximum absolute atomic E-state index is 12.1. The van der Waals surface area contributed by atoms with Crippen LogP contribution in [-0.4, -0.2) is 318 Å². The van der Waals surface area contributed by atoms with E-state index >= 15 is 0 Å². The third-order valence-electron chi connectivity index (χ3n) is 14.7. The lowest BCUT2D eigenvalue weighted by Gasteiger charge is -2.45. The van der Waals surface area contributed by atoms with Crippen LogP contribution in [0.4, 0.5) is 0 Å². The molecule has 0 spiro atoms. The molecular weight excluding hydrogens is 1080 g/mol. The van der Waals surface area contributed by atoms with Gasteiger partial charge >= 0.3 is 0 Å². The Morgan fingerprint density at radius 2 is 0.750 bits per heavy atom. The molecule has 4 heterocycles. The molecule has 0 aromatic carbocycles. The number of aliphatic hydroxyl groups excluding tert-OH is 12. The summed E-state index contributed by atoms with van der Waals surface area (Å²) in [5.74, 6) is -2.07. The van der Waals surface area contributed by atoms with Crippen LogP contribution in [0.2, 0.25) is 0 Å². The van der Waals surface area contributed by atoms with E-state index in [1.165, 1.54) is 27.9 Å². The van der Waals surface area contributed by atoms with E-state index in [1.807, 2.05) is 0 Å². The number of rotatable bonds is 18. The van der Waals surface area contributed by atoms with E-state index in [0.717, 1.165) is 0 Å². The quantitative estimate of drug-likeness (QED) is 0.0344. The highest BCUT2D eigenvalue weighted by Crippen LogP contribution is 2.41. The fourth-order valence-electron chi connectivity index (χ4n) is 10.2. The first-order chi connectivity index (χ1) is 37.4. The molecule has 2 saturated carbocycles. The molecule has 4 aliphatic heterocycles. The zero-order chi connectivity index (χ0) is 60.2. The highest BCUT2D eigenvalue weighted by Gasteiger charge is 2.63. The number of guanidine groups is 4. The predicted molar refractivity (Wildman–Crippen MR) is 266 cm³/mol.